The van der Waals surface area contributed by atoms with E-state index in [1.54, 1.807) is 10.9 Å². The number of aromatic nitrogens is 5. The number of nitrogens with two attached hydrogens (primary N) is 1. The number of rotatable bonds is 7. The molecule has 0 saturated heterocycles. The predicted molar refractivity (Wildman–Crippen MR) is 75.7 cm³/mol. The SMILES string of the molecule is CCC(C)n1ccc(Cn2cc(CC(N)C(=O)O)nn2)n1. The fourth-order valence-corrected chi connectivity index (χ4v) is 1.88. The van der Waals surface area contributed by atoms with Crippen LogP contribution in [-0.4, -0.2) is 41.9 Å². The molecule has 2 unspecified atom stereocenters. The van der Waals surface area contributed by atoms with Gasteiger partial charge >= 0.3 is 5.97 Å². The molecule has 0 aromatic carbocycles. The first-order valence-corrected chi connectivity index (χ1v) is 6.91. The minimum atomic E-state index is -1.04. The van der Waals surface area contributed by atoms with Crippen LogP contribution >= 0.6 is 0 Å². The van der Waals surface area contributed by atoms with Crippen LogP contribution in [0, 0.1) is 0 Å². The molecule has 2 rings (SSSR count). The lowest BCUT2D eigenvalue weighted by molar-refractivity contribution is -0.138. The van der Waals surface area contributed by atoms with E-state index in [1.165, 1.54) is 0 Å². The van der Waals surface area contributed by atoms with Gasteiger partial charge in [0.05, 0.1) is 17.9 Å². The Morgan fingerprint density at radius 1 is 1.48 bits per heavy atom. The molecule has 2 aromatic heterocycles. The zero-order valence-corrected chi connectivity index (χ0v) is 12.2. The highest BCUT2D eigenvalue weighted by molar-refractivity contribution is 5.73. The van der Waals surface area contributed by atoms with Gasteiger partial charge in [0.2, 0.25) is 0 Å². The average molecular weight is 292 g/mol. The Morgan fingerprint density at radius 3 is 2.90 bits per heavy atom. The fraction of sp³-hybridized carbons (Fsp3) is 0.538. The van der Waals surface area contributed by atoms with Crippen molar-refractivity contribution in [3.63, 3.8) is 0 Å². The summed E-state index contributed by atoms with van der Waals surface area (Å²) >= 11 is 0. The van der Waals surface area contributed by atoms with Gasteiger partial charge in [-0.1, -0.05) is 12.1 Å². The minimum Gasteiger partial charge on any atom is -0.480 e. The lowest BCUT2D eigenvalue weighted by atomic mass is 10.2. The van der Waals surface area contributed by atoms with Crippen molar-refractivity contribution in [3.05, 3.63) is 29.8 Å². The molecule has 2 heterocycles. The predicted octanol–water partition coefficient (Wildman–Crippen LogP) is 0.448. The topological polar surface area (TPSA) is 112 Å². The summed E-state index contributed by atoms with van der Waals surface area (Å²) in [6.07, 6.45) is 4.82. The second kappa shape index (κ2) is 6.49. The average Bonchev–Trinajstić information content (AvgIpc) is 3.08. The van der Waals surface area contributed by atoms with E-state index in [0.717, 1.165) is 12.1 Å². The normalized spacial score (nSPS) is 14.0. The smallest absolute Gasteiger partial charge is 0.320 e. The molecule has 114 valence electrons. The second-order valence-corrected chi connectivity index (χ2v) is 5.10. The first kappa shape index (κ1) is 15.2. The molecule has 0 radical (unpaired) electrons. The number of carboxylic acids is 1. The Labute approximate surface area is 122 Å². The molecule has 0 aliphatic heterocycles. The van der Waals surface area contributed by atoms with Crippen molar-refractivity contribution >= 4 is 5.97 Å². The first-order valence-electron chi connectivity index (χ1n) is 6.91. The van der Waals surface area contributed by atoms with E-state index >= 15 is 0 Å². The van der Waals surface area contributed by atoms with Gasteiger partial charge < -0.3 is 10.8 Å². The van der Waals surface area contributed by atoms with Gasteiger partial charge in [-0.15, -0.1) is 5.10 Å². The van der Waals surface area contributed by atoms with Crippen LogP contribution in [0.4, 0.5) is 0 Å². The van der Waals surface area contributed by atoms with Gasteiger partial charge in [0.15, 0.2) is 0 Å². The fourth-order valence-electron chi connectivity index (χ4n) is 1.88. The van der Waals surface area contributed by atoms with Crippen molar-refractivity contribution in [1.29, 1.82) is 0 Å². The first-order chi connectivity index (χ1) is 9.99. The number of carboxylic acid groups (broad SMARTS) is 1. The lowest BCUT2D eigenvalue weighted by Gasteiger charge is -2.08. The molecule has 2 atom stereocenters. The third-order valence-corrected chi connectivity index (χ3v) is 3.36. The Bertz CT molecular complexity index is 605. The number of nitrogens with zero attached hydrogens (tertiary/aromatic N) is 5. The molecule has 21 heavy (non-hydrogen) atoms. The van der Waals surface area contributed by atoms with Crippen LogP contribution in [0.25, 0.3) is 0 Å². The Morgan fingerprint density at radius 2 is 2.24 bits per heavy atom. The number of aliphatic carboxylic acids is 1. The molecule has 0 aliphatic rings. The zero-order valence-electron chi connectivity index (χ0n) is 12.2. The highest BCUT2D eigenvalue weighted by Gasteiger charge is 2.14. The van der Waals surface area contributed by atoms with E-state index < -0.39 is 12.0 Å². The second-order valence-electron chi connectivity index (χ2n) is 5.10. The van der Waals surface area contributed by atoms with E-state index in [0.29, 0.717) is 18.3 Å². The van der Waals surface area contributed by atoms with Gasteiger partial charge in [-0.3, -0.25) is 9.48 Å². The standard InChI is InChI=1S/C13H20N6O2/c1-3-9(2)19-5-4-10(16-19)7-18-8-11(15-17-18)6-12(14)13(20)21/h4-5,8-9,12H,3,6-7,14H2,1-2H3,(H,20,21). The third kappa shape index (κ3) is 3.88. The Kier molecular flexibility index (Phi) is 4.69. The summed E-state index contributed by atoms with van der Waals surface area (Å²) < 4.78 is 3.56. The molecule has 0 spiro atoms. The molecule has 0 amide bonds. The summed E-state index contributed by atoms with van der Waals surface area (Å²) in [6.45, 7) is 4.72. The summed E-state index contributed by atoms with van der Waals surface area (Å²) in [5.74, 6) is -1.04. The largest absolute Gasteiger partial charge is 0.480 e. The lowest BCUT2D eigenvalue weighted by Crippen LogP contribution is -2.32. The molecule has 0 bridgehead atoms. The van der Waals surface area contributed by atoms with Crippen LogP contribution in [0.5, 0.6) is 0 Å². The summed E-state index contributed by atoms with van der Waals surface area (Å²) in [5, 5.41) is 21.1. The van der Waals surface area contributed by atoms with Crippen molar-refractivity contribution in [1.82, 2.24) is 24.8 Å². The van der Waals surface area contributed by atoms with Crippen LogP contribution < -0.4 is 5.73 Å². The van der Waals surface area contributed by atoms with Gasteiger partial charge in [-0.25, -0.2) is 4.68 Å². The van der Waals surface area contributed by atoms with Crippen molar-refractivity contribution in [2.45, 2.75) is 45.3 Å². The molecule has 8 nitrogen and oxygen atoms in total. The molecule has 0 saturated carbocycles. The quantitative estimate of drug-likeness (QED) is 0.766. The van der Waals surface area contributed by atoms with E-state index in [-0.39, 0.29) is 6.42 Å². The van der Waals surface area contributed by atoms with E-state index in [2.05, 4.69) is 29.3 Å². The van der Waals surface area contributed by atoms with Gasteiger partial charge in [-0.2, -0.15) is 5.10 Å². The maximum absolute atomic E-state index is 10.7. The highest BCUT2D eigenvalue weighted by Crippen LogP contribution is 2.10. The molecule has 0 aliphatic carbocycles. The third-order valence-electron chi connectivity index (χ3n) is 3.36. The van der Waals surface area contributed by atoms with Crippen LogP contribution in [-0.2, 0) is 17.8 Å². The molecule has 8 heteroatoms. The molecule has 2 aromatic rings. The number of hydrogen-bond donors (Lipinski definition) is 2. The van der Waals surface area contributed by atoms with Crippen molar-refractivity contribution in [2.24, 2.45) is 5.73 Å². The van der Waals surface area contributed by atoms with Crippen LogP contribution in [0.1, 0.15) is 37.7 Å². The van der Waals surface area contributed by atoms with Crippen LogP contribution in [0.3, 0.4) is 0 Å². The van der Waals surface area contributed by atoms with E-state index in [4.69, 9.17) is 10.8 Å². The Balaban J connectivity index is 1.99. The summed E-state index contributed by atoms with van der Waals surface area (Å²) in [4.78, 5) is 10.7. The van der Waals surface area contributed by atoms with Gasteiger partial charge in [0.25, 0.3) is 0 Å². The van der Waals surface area contributed by atoms with Crippen molar-refractivity contribution < 1.29 is 9.90 Å². The number of carbonyl (C=O) groups is 1. The molecular formula is C13H20N6O2. The summed E-state index contributed by atoms with van der Waals surface area (Å²) in [6, 6.07) is 1.34. The zero-order chi connectivity index (χ0) is 15.4. The minimum absolute atomic E-state index is 0.163. The van der Waals surface area contributed by atoms with Gasteiger partial charge in [-0.05, 0) is 19.4 Å². The van der Waals surface area contributed by atoms with Crippen molar-refractivity contribution in [3.8, 4) is 0 Å². The maximum atomic E-state index is 10.7. The summed E-state index contributed by atoms with van der Waals surface area (Å²) in [7, 11) is 0. The van der Waals surface area contributed by atoms with Gasteiger partial charge in [0, 0.05) is 24.9 Å². The Hall–Kier alpha value is -2.22. The number of hydrogen-bond acceptors (Lipinski definition) is 5. The maximum Gasteiger partial charge on any atom is 0.320 e. The van der Waals surface area contributed by atoms with Gasteiger partial charge in [0.1, 0.15) is 6.04 Å². The molecular weight excluding hydrogens is 272 g/mol. The highest BCUT2D eigenvalue weighted by atomic mass is 16.4. The van der Waals surface area contributed by atoms with E-state index in [9.17, 15) is 4.79 Å². The molecule has 3 N–H and O–H groups in total. The van der Waals surface area contributed by atoms with E-state index in [1.807, 2.05) is 16.9 Å². The monoisotopic (exact) mass is 292 g/mol. The summed E-state index contributed by atoms with van der Waals surface area (Å²) in [5.41, 5.74) is 6.91. The molecule has 0 fully saturated rings. The van der Waals surface area contributed by atoms with Crippen molar-refractivity contribution in [2.75, 3.05) is 0 Å². The van der Waals surface area contributed by atoms with Crippen LogP contribution in [0.2, 0.25) is 0 Å². The van der Waals surface area contributed by atoms with Crippen LogP contribution in [0.15, 0.2) is 18.5 Å².